The summed E-state index contributed by atoms with van der Waals surface area (Å²) in [5, 5.41) is 4.43. The molecule has 0 N–H and O–H groups in total. The topological polar surface area (TPSA) is 16.1 Å². The predicted molar refractivity (Wildman–Crippen MR) is 59.3 cm³/mol. The third kappa shape index (κ3) is 2.51. The summed E-state index contributed by atoms with van der Waals surface area (Å²) in [6.07, 6.45) is 3.22. The quantitative estimate of drug-likeness (QED) is 0.776. The van der Waals surface area contributed by atoms with E-state index in [2.05, 4.69) is 25.8 Å². The first-order valence-corrected chi connectivity index (χ1v) is 6.55. The minimum atomic E-state index is 0.847. The van der Waals surface area contributed by atoms with Crippen LogP contribution in [0.25, 0.3) is 0 Å². The van der Waals surface area contributed by atoms with Crippen LogP contribution in [0.1, 0.15) is 11.4 Å². The maximum atomic E-state index is 4.30. The summed E-state index contributed by atoms with van der Waals surface area (Å²) >= 11 is 5.30. The Morgan fingerprint density at radius 1 is 1.69 bits per heavy atom. The molecule has 0 radical (unpaired) electrons. The number of hydrogen-bond acceptors (Lipinski definition) is 3. The van der Waals surface area contributed by atoms with Crippen LogP contribution in [-0.4, -0.2) is 28.3 Å². The van der Waals surface area contributed by atoms with Gasteiger partial charge in [0.25, 0.3) is 0 Å². The highest BCUT2D eigenvalue weighted by Crippen LogP contribution is 2.20. The van der Waals surface area contributed by atoms with Crippen molar-refractivity contribution < 1.29 is 0 Å². The molecule has 72 valence electrons. The van der Waals surface area contributed by atoms with Crippen LogP contribution >= 0.6 is 27.3 Å². The van der Waals surface area contributed by atoms with Crippen LogP contribution in [0.4, 0.5) is 0 Å². The summed E-state index contributed by atoms with van der Waals surface area (Å²) in [5.74, 6) is 0.847. The molecule has 1 aliphatic rings. The first kappa shape index (κ1) is 9.62. The molecule has 0 amide bonds. The normalized spacial score (nSPS) is 23.9. The van der Waals surface area contributed by atoms with Crippen molar-refractivity contribution in [1.82, 2.24) is 9.88 Å². The van der Waals surface area contributed by atoms with Crippen LogP contribution in [0.5, 0.6) is 0 Å². The van der Waals surface area contributed by atoms with Gasteiger partial charge in [-0.05, 0) is 18.9 Å². The lowest BCUT2D eigenvalue weighted by atomic mass is 10.2. The summed E-state index contributed by atoms with van der Waals surface area (Å²) in [6.45, 7) is 3.50. The number of nitrogens with zero attached hydrogens (tertiary/aromatic N) is 2. The molecule has 2 rings (SSSR count). The molecular weight excluding hydrogens is 248 g/mol. The Bertz CT molecular complexity index is 250. The van der Waals surface area contributed by atoms with Crippen LogP contribution in [0.3, 0.4) is 0 Å². The first-order chi connectivity index (χ1) is 6.38. The number of alkyl halides is 1. The summed E-state index contributed by atoms with van der Waals surface area (Å²) in [5.41, 5.74) is 0. The van der Waals surface area contributed by atoms with E-state index in [-0.39, 0.29) is 0 Å². The highest BCUT2D eigenvalue weighted by molar-refractivity contribution is 9.09. The monoisotopic (exact) mass is 260 g/mol. The van der Waals surface area contributed by atoms with Gasteiger partial charge in [-0.2, -0.15) is 0 Å². The van der Waals surface area contributed by atoms with E-state index in [1.807, 2.05) is 11.6 Å². The van der Waals surface area contributed by atoms with Crippen molar-refractivity contribution in [2.45, 2.75) is 13.0 Å². The number of likely N-dealkylation sites (tertiary alicyclic amines) is 1. The zero-order valence-corrected chi connectivity index (χ0v) is 9.85. The van der Waals surface area contributed by atoms with Crippen LogP contribution in [0.15, 0.2) is 11.6 Å². The van der Waals surface area contributed by atoms with Gasteiger partial charge in [-0.25, -0.2) is 4.98 Å². The molecule has 1 aromatic heterocycles. The van der Waals surface area contributed by atoms with Gasteiger partial charge in [-0.3, -0.25) is 4.90 Å². The smallest absolute Gasteiger partial charge is 0.107 e. The minimum absolute atomic E-state index is 0.847. The second-order valence-electron chi connectivity index (χ2n) is 3.47. The van der Waals surface area contributed by atoms with E-state index in [1.165, 1.54) is 24.5 Å². The summed E-state index contributed by atoms with van der Waals surface area (Å²) in [6, 6.07) is 0. The second-order valence-corrected chi connectivity index (χ2v) is 5.10. The van der Waals surface area contributed by atoms with E-state index in [1.54, 1.807) is 11.3 Å². The van der Waals surface area contributed by atoms with E-state index in [4.69, 9.17) is 0 Å². The third-order valence-corrected chi connectivity index (χ3v) is 4.11. The summed E-state index contributed by atoms with van der Waals surface area (Å²) < 4.78 is 0. The van der Waals surface area contributed by atoms with Gasteiger partial charge in [0.05, 0.1) is 6.54 Å². The summed E-state index contributed by atoms with van der Waals surface area (Å²) in [7, 11) is 0. The second kappa shape index (κ2) is 4.53. The Balaban J connectivity index is 1.84. The number of aromatic nitrogens is 1. The molecule has 0 spiro atoms. The van der Waals surface area contributed by atoms with Crippen molar-refractivity contribution in [2.24, 2.45) is 5.92 Å². The fraction of sp³-hybridized carbons (Fsp3) is 0.667. The van der Waals surface area contributed by atoms with Gasteiger partial charge in [0.2, 0.25) is 0 Å². The van der Waals surface area contributed by atoms with Crippen molar-refractivity contribution in [3.8, 4) is 0 Å². The highest BCUT2D eigenvalue weighted by atomic mass is 79.9. The van der Waals surface area contributed by atoms with Crippen molar-refractivity contribution in [3.05, 3.63) is 16.6 Å². The third-order valence-electron chi connectivity index (χ3n) is 2.43. The standard InChI is InChI=1S/C9H13BrN2S/c10-5-8-1-3-12(6-8)7-9-11-2-4-13-9/h2,4,8H,1,3,5-7H2. The lowest BCUT2D eigenvalue weighted by molar-refractivity contribution is 0.321. The van der Waals surface area contributed by atoms with Gasteiger partial charge in [-0.15, -0.1) is 11.3 Å². The Kier molecular flexibility index (Phi) is 3.35. The number of thiazole rings is 1. The van der Waals surface area contributed by atoms with E-state index >= 15 is 0 Å². The molecule has 0 aliphatic carbocycles. The van der Waals surface area contributed by atoms with Crippen LogP contribution < -0.4 is 0 Å². The maximum absolute atomic E-state index is 4.30. The Morgan fingerprint density at radius 2 is 2.62 bits per heavy atom. The molecule has 1 aliphatic heterocycles. The molecule has 2 nitrogen and oxygen atoms in total. The van der Waals surface area contributed by atoms with Crippen LogP contribution in [0.2, 0.25) is 0 Å². The Hall–Kier alpha value is 0.0700. The minimum Gasteiger partial charge on any atom is -0.296 e. The number of hydrogen-bond donors (Lipinski definition) is 0. The highest BCUT2D eigenvalue weighted by Gasteiger charge is 2.21. The molecule has 0 aromatic carbocycles. The fourth-order valence-corrected chi connectivity index (χ4v) is 2.89. The molecule has 1 saturated heterocycles. The summed E-state index contributed by atoms with van der Waals surface area (Å²) in [4.78, 5) is 6.79. The zero-order chi connectivity index (χ0) is 9.10. The van der Waals surface area contributed by atoms with Crippen molar-refractivity contribution in [3.63, 3.8) is 0 Å². The van der Waals surface area contributed by atoms with E-state index in [0.717, 1.165) is 17.8 Å². The Morgan fingerprint density at radius 3 is 3.23 bits per heavy atom. The lowest BCUT2D eigenvalue weighted by Crippen LogP contribution is -2.20. The molecule has 0 saturated carbocycles. The molecule has 1 fully saturated rings. The SMILES string of the molecule is BrCC1CCN(Cc2nccs2)C1. The van der Waals surface area contributed by atoms with Gasteiger partial charge in [0, 0.05) is 23.5 Å². The zero-order valence-electron chi connectivity index (χ0n) is 7.45. The van der Waals surface area contributed by atoms with E-state index in [9.17, 15) is 0 Å². The van der Waals surface area contributed by atoms with Gasteiger partial charge in [0.1, 0.15) is 5.01 Å². The molecule has 1 unspecified atom stereocenters. The lowest BCUT2D eigenvalue weighted by Gasteiger charge is -2.12. The molecule has 1 atom stereocenters. The van der Waals surface area contributed by atoms with E-state index in [0.29, 0.717) is 0 Å². The molecule has 1 aromatic rings. The van der Waals surface area contributed by atoms with Crippen molar-refractivity contribution in [1.29, 1.82) is 0 Å². The van der Waals surface area contributed by atoms with Crippen molar-refractivity contribution in [2.75, 3.05) is 18.4 Å². The van der Waals surface area contributed by atoms with Gasteiger partial charge in [0.15, 0.2) is 0 Å². The van der Waals surface area contributed by atoms with E-state index < -0.39 is 0 Å². The van der Waals surface area contributed by atoms with Gasteiger partial charge in [-0.1, -0.05) is 15.9 Å². The molecular formula is C9H13BrN2S. The molecule has 4 heteroatoms. The van der Waals surface area contributed by atoms with Crippen LogP contribution in [-0.2, 0) is 6.54 Å². The molecule has 0 bridgehead atoms. The Labute approximate surface area is 91.1 Å². The van der Waals surface area contributed by atoms with Crippen molar-refractivity contribution >= 4 is 27.3 Å². The first-order valence-electron chi connectivity index (χ1n) is 4.55. The maximum Gasteiger partial charge on any atom is 0.107 e. The average molecular weight is 261 g/mol. The van der Waals surface area contributed by atoms with Crippen LogP contribution in [0, 0.1) is 5.92 Å². The average Bonchev–Trinajstić information content (AvgIpc) is 2.76. The molecule has 2 heterocycles. The number of halogens is 1. The van der Waals surface area contributed by atoms with Gasteiger partial charge >= 0.3 is 0 Å². The number of rotatable bonds is 3. The van der Waals surface area contributed by atoms with Gasteiger partial charge < -0.3 is 0 Å². The largest absolute Gasteiger partial charge is 0.296 e. The predicted octanol–water partition coefficient (Wildman–Crippen LogP) is 2.36. The molecule has 13 heavy (non-hydrogen) atoms. The fourth-order valence-electron chi connectivity index (χ4n) is 1.70.